The molecule has 0 aliphatic heterocycles. The van der Waals surface area contributed by atoms with Crippen molar-refractivity contribution in [3.63, 3.8) is 0 Å². The van der Waals surface area contributed by atoms with Crippen molar-refractivity contribution < 1.29 is 9.84 Å². The van der Waals surface area contributed by atoms with Crippen molar-refractivity contribution in [2.45, 2.75) is 26.2 Å². The predicted octanol–water partition coefficient (Wildman–Crippen LogP) is 4.84. The van der Waals surface area contributed by atoms with Gasteiger partial charge in [-0.15, -0.1) is 11.3 Å². The van der Waals surface area contributed by atoms with Gasteiger partial charge in [-0.1, -0.05) is 38.1 Å². The molecule has 4 nitrogen and oxygen atoms in total. The Morgan fingerprint density at radius 1 is 1.08 bits per heavy atom. The summed E-state index contributed by atoms with van der Waals surface area (Å²) in [5.41, 5.74) is 9.04. The highest BCUT2D eigenvalue weighted by molar-refractivity contribution is 7.13. The zero-order chi connectivity index (χ0) is 18.2. The number of anilines is 1. The van der Waals surface area contributed by atoms with Crippen LogP contribution in [0.1, 0.15) is 36.6 Å². The second kappa shape index (κ2) is 9.08. The Balaban J connectivity index is 0.00000109. The van der Waals surface area contributed by atoms with Crippen LogP contribution in [0.5, 0.6) is 11.5 Å². The second-order valence-electron chi connectivity index (χ2n) is 5.31. The topological polar surface area (TPSA) is 68.4 Å². The van der Waals surface area contributed by atoms with Gasteiger partial charge < -0.3 is 15.6 Å². The lowest BCUT2D eigenvalue weighted by molar-refractivity contribution is 0.414. The maximum Gasteiger partial charge on any atom is 0.180 e. The van der Waals surface area contributed by atoms with Crippen LogP contribution in [0.4, 0.5) is 5.13 Å². The van der Waals surface area contributed by atoms with Gasteiger partial charge in [-0.2, -0.15) is 0 Å². The summed E-state index contributed by atoms with van der Waals surface area (Å²) in [6.07, 6.45) is 0.804. The van der Waals surface area contributed by atoms with Crippen LogP contribution in [-0.4, -0.2) is 17.2 Å². The van der Waals surface area contributed by atoms with Gasteiger partial charge in [0, 0.05) is 11.3 Å². The maximum absolute atomic E-state index is 9.51. The number of phenols is 1. The number of nitrogens with zero attached hydrogens (tertiary/aromatic N) is 1. The Morgan fingerprint density at radius 3 is 2.24 bits per heavy atom. The fourth-order valence-electron chi connectivity index (χ4n) is 2.56. The quantitative estimate of drug-likeness (QED) is 0.686. The fourth-order valence-corrected chi connectivity index (χ4v) is 3.17. The first-order chi connectivity index (χ1) is 12.2. The molecule has 3 rings (SSSR count). The van der Waals surface area contributed by atoms with E-state index in [1.165, 1.54) is 16.9 Å². The van der Waals surface area contributed by atoms with E-state index in [0.29, 0.717) is 5.13 Å². The van der Waals surface area contributed by atoms with E-state index in [0.717, 1.165) is 23.4 Å². The van der Waals surface area contributed by atoms with E-state index in [4.69, 9.17) is 10.5 Å². The molecule has 0 amide bonds. The number of aromatic nitrogens is 1. The number of aromatic hydroxyl groups is 1. The zero-order valence-corrected chi connectivity index (χ0v) is 15.6. The molecule has 1 atom stereocenters. The van der Waals surface area contributed by atoms with Gasteiger partial charge >= 0.3 is 0 Å². The Bertz CT molecular complexity index is 767. The molecule has 0 saturated heterocycles. The highest BCUT2D eigenvalue weighted by Gasteiger charge is 2.18. The molecule has 0 fully saturated rings. The molecule has 0 saturated carbocycles. The number of nitrogen functional groups attached to an aromatic ring is 1. The van der Waals surface area contributed by atoms with Crippen LogP contribution in [0.15, 0.2) is 53.9 Å². The third-order valence-corrected chi connectivity index (χ3v) is 4.48. The second-order valence-corrected chi connectivity index (χ2v) is 6.20. The molecule has 3 aromatic rings. The zero-order valence-electron chi connectivity index (χ0n) is 14.8. The molecule has 5 heteroatoms. The first kappa shape index (κ1) is 18.8. The van der Waals surface area contributed by atoms with Crippen LogP contribution < -0.4 is 10.5 Å². The van der Waals surface area contributed by atoms with E-state index >= 15 is 0 Å². The standard InChI is InChI=1S/C18H18N2O2S.C2H6/c1-22-15-8-2-12(3-9-15)10-16(17-11-23-18(19)20-17)13-4-6-14(21)7-5-13;1-2/h2-9,11,16,21H,10H2,1H3,(H2,19,20);1-2H3. The summed E-state index contributed by atoms with van der Waals surface area (Å²) in [5.74, 6) is 1.19. The Kier molecular flexibility index (Phi) is 6.83. The number of phenolic OH excluding ortho intramolecular Hbond substituents is 1. The van der Waals surface area contributed by atoms with E-state index in [9.17, 15) is 5.11 Å². The molecular formula is C20H24N2O2S. The molecule has 0 aliphatic rings. The summed E-state index contributed by atoms with van der Waals surface area (Å²) in [6, 6.07) is 15.3. The monoisotopic (exact) mass is 356 g/mol. The molecule has 0 spiro atoms. The SMILES string of the molecule is CC.COc1ccc(CC(c2ccc(O)cc2)c2csc(N)n2)cc1. The minimum atomic E-state index is 0.0949. The van der Waals surface area contributed by atoms with Crippen molar-refractivity contribution in [2.24, 2.45) is 0 Å². The number of hydrogen-bond acceptors (Lipinski definition) is 5. The van der Waals surface area contributed by atoms with Gasteiger partial charge in [-0.3, -0.25) is 0 Å². The number of methoxy groups -OCH3 is 1. The molecule has 1 unspecified atom stereocenters. The van der Waals surface area contributed by atoms with Crippen LogP contribution in [-0.2, 0) is 6.42 Å². The highest BCUT2D eigenvalue weighted by Crippen LogP contribution is 2.31. The molecule has 0 radical (unpaired) electrons. The highest BCUT2D eigenvalue weighted by atomic mass is 32.1. The minimum absolute atomic E-state index is 0.0949. The lowest BCUT2D eigenvalue weighted by Crippen LogP contribution is -2.06. The number of nitrogens with two attached hydrogens (primary N) is 1. The fraction of sp³-hybridized carbons (Fsp3) is 0.250. The summed E-state index contributed by atoms with van der Waals surface area (Å²) >= 11 is 1.44. The van der Waals surface area contributed by atoms with Crippen LogP contribution in [0.25, 0.3) is 0 Å². The number of thiazole rings is 1. The van der Waals surface area contributed by atoms with E-state index in [1.807, 2.05) is 43.5 Å². The van der Waals surface area contributed by atoms with Crippen molar-refractivity contribution in [2.75, 3.05) is 12.8 Å². The number of benzene rings is 2. The Hall–Kier alpha value is -2.53. The first-order valence-electron chi connectivity index (χ1n) is 8.28. The molecule has 132 valence electrons. The smallest absolute Gasteiger partial charge is 0.180 e. The predicted molar refractivity (Wildman–Crippen MR) is 105 cm³/mol. The molecule has 1 aromatic heterocycles. The van der Waals surface area contributed by atoms with Crippen molar-refractivity contribution in [1.82, 2.24) is 4.98 Å². The van der Waals surface area contributed by atoms with Crippen LogP contribution in [0.3, 0.4) is 0 Å². The van der Waals surface area contributed by atoms with Crippen LogP contribution >= 0.6 is 11.3 Å². The summed E-state index contributed by atoms with van der Waals surface area (Å²) < 4.78 is 5.20. The average Bonchev–Trinajstić information content (AvgIpc) is 3.09. The molecule has 3 N–H and O–H groups in total. The molecule has 0 bridgehead atoms. The van der Waals surface area contributed by atoms with Gasteiger partial charge in [0.1, 0.15) is 11.5 Å². The number of hydrogen-bond donors (Lipinski definition) is 2. The summed E-state index contributed by atoms with van der Waals surface area (Å²) in [5, 5.41) is 12.1. The largest absolute Gasteiger partial charge is 0.508 e. The summed E-state index contributed by atoms with van der Waals surface area (Å²) in [6.45, 7) is 4.00. The molecular weight excluding hydrogens is 332 g/mol. The number of ether oxygens (including phenoxy) is 1. The lowest BCUT2D eigenvalue weighted by Gasteiger charge is -2.16. The van der Waals surface area contributed by atoms with Crippen LogP contribution in [0, 0.1) is 0 Å². The van der Waals surface area contributed by atoms with Crippen molar-refractivity contribution >= 4 is 16.5 Å². The van der Waals surface area contributed by atoms with E-state index in [1.54, 1.807) is 19.2 Å². The third-order valence-electron chi connectivity index (χ3n) is 3.79. The normalized spacial score (nSPS) is 11.3. The third kappa shape index (κ3) is 4.97. The van der Waals surface area contributed by atoms with Gasteiger partial charge in [-0.05, 0) is 41.8 Å². The van der Waals surface area contributed by atoms with Gasteiger partial charge in [0.15, 0.2) is 5.13 Å². The Morgan fingerprint density at radius 2 is 1.72 bits per heavy atom. The number of rotatable bonds is 5. The van der Waals surface area contributed by atoms with Gasteiger partial charge in [0.25, 0.3) is 0 Å². The summed E-state index contributed by atoms with van der Waals surface area (Å²) in [4.78, 5) is 4.45. The van der Waals surface area contributed by atoms with E-state index in [2.05, 4.69) is 17.1 Å². The first-order valence-corrected chi connectivity index (χ1v) is 9.16. The lowest BCUT2D eigenvalue weighted by atomic mass is 9.89. The van der Waals surface area contributed by atoms with Crippen molar-refractivity contribution in [1.29, 1.82) is 0 Å². The molecule has 2 aromatic carbocycles. The summed E-state index contributed by atoms with van der Waals surface area (Å²) in [7, 11) is 1.66. The van der Waals surface area contributed by atoms with E-state index in [-0.39, 0.29) is 11.7 Å². The van der Waals surface area contributed by atoms with E-state index < -0.39 is 0 Å². The minimum Gasteiger partial charge on any atom is -0.508 e. The average molecular weight is 356 g/mol. The molecule has 25 heavy (non-hydrogen) atoms. The van der Waals surface area contributed by atoms with Gasteiger partial charge in [0.05, 0.1) is 12.8 Å². The van der Waals surface area contributed by atoms with Crippen molar-refractivity contribution in [3.05, 3.63) is 70.7 Å². The maximum atomic E-state index is 9.51. The van der Waals surface area contributed by atoms with Crippen molar-refractivity contribution in [3.8, 4) is 11.5 Å². The van der Waals surface area contributed by atoms with Gasteiger partial charge in [0.2, 0.25) is 0 Å². The molecule has 1 heterocycles. The van der Waals surface area contributed by atoms with Gasteiger partial charge in [-0.25, -0.2) is 4.98 Å². The Labute approximate surface area is 152 Å². The van der Waals surface area contributed by atoms with Crippen LogP contribution in [0.2, 0.25) is 0 Å². The molecule has 0 aliphatic carbocycles.